The number of carbonyl (C=O) groups excluding carboxylic acids is 1. The van der Waals surface area contributed by atoms with Crippen LogP contribution in [0, 0.1) is 6.92 Å². The van der Waals surface area contributed by atoms with E-state index in [2.05, 4.69) is 14.8 Å². The fraction of sp³-hybridized carbons (Fsp3) is 0.500. The molecule has 1 aromatic carbocycles. The molecule has 1 aliphatic carbocycles. The summed E-state index contributed by atoms with van der Waals surface area (Å²) in [5.41, 5.74) is 2.19. The van der Waals surface area contributed by atoms with Gasteiger partial charge in [-0.15, -0.1) is 10.2 Å². The van der Waals surface area contributed by atoms with Gasteiger partial charge in [-0.3, -0.25) is 9.10 Å². The van der Waals surface area contributed by atoms with Crippen LogP contribution >= 0.6 is 11.8 Å². The molecule has 0 spiro atoms. The molecule has 1 aromatic heterocycles. The number of nitrogens with zero attached hydrogens (tertiary/aromatic N) is 4. The highest BCUT2D eigenvalue weighted by Crippen LogP contribution is 2.39. The predicted octanol–water partition coefficient (Wildman–Crippen LogP) is 2.61. The zero-order chi connectivity index (χ0) is 19.3. The third-order valence-corrected chi connectivity index (χ3v) is 7.21. The molecule has 1 fully saturated rings. The number of carbonyl (C=O) groups is 1. The Morgan fingerprint density at radius 3 is 2.70 bits per heavy atom. The van der Waals surface area contributed by atoms with Crippen molar-refractivity contribution in [3.05, 3.63) is 35.2 Å². The summed E-state index contributed by atoms with van der Waals surface area (Å²) >= 11 is 1.41. The third kappa shape index (κ3) is 3.50. The molecule has 9 heteroatoms. The minimum atomic E-state index is -3.32. The van der Waals surface area contributed by atoms with E-state index in [1.165, 1.54) is 22.3 Å². The molecule has 7 nitrogen and oxygen atoms in total. The number of sulfonamides is 1. The number of benzene rings is 1. The van der Waals surface area contributed by atoms with Gasteiger partial charge < -0.3 is 4.57 Å². The van der Waals surface area contributed by atoms with E-state index in [4.69, 9.17) is 0 Å². The van der Waals surface area contributed by atoms with Gasteiger partial charge in [-0.05, 0) is 56.9 Å². The number of thioether (sulfide) groups is 1. The van der Waals surface area contributed by atoms with Crippen molar-refractivity contribution in [3.63, 3.8) is 0 Å². The Hall–Kier alpha value is -1.87. The molecule has 144 valence electrons. The molecule has 1 saturated carbocycles. The molecule has 1 aliphatic heterocycles. The lowest BCUT2D eigenvalue weighted by atomic mass is 10.0. The van der Waals surface area contributed by atoms with Crippen molar-refractivity contribution < 1.29 is 13.2 Å². The van der Waals surface area contributed by atoms with E-state index in [1.54, 1.807) is 12.1 Å². The molecule has 4 rings (SSSR count). The van der Waals surface area contributed by atoms with Crippen LogP contribution in [-0.2, 0) is 16.4 Å². The van der Waals surface area contributed by atoms with Gasteiger partial charge in [0, 0.05) is 17.6 Å². The lowest BCUT2D eigenvalue weighted by Gasteiger charge is -2.21. The minimum Gasteiger partial charge on any atom is -0.303 e. The van der Waals surface area contributed by atoms with Gasteiger partial charge in [0.1, 0.15) is 5.82 Å². The lowest BCUT2D eigenvalue weighted by molar-refractivity contribution is 0.102. The topological polar surface area (TPSA) is 85.2 Å². The van der Waals surface area contributed by atoms with E-state index in [0.29, 0.717) is 23.7 Å². The summed E-state index contributed by atoms with van der Waals surface area (Å²) < 4.78 is 27.6. The van der Waals surface area contributed by atoms with Gasteiger partial charge in [-0.2, -0.15) is 0 Å². The number of aromatic nitrogens is 3. The Balaban J connectivity index is 1.50. The molecular formula is C18H22N4O3S2. The number of aryl methyl sites for hydroxylation is 1. The van der Waals surface area contributed by atoms with Crippen molar-refractivity contribution in [2.45, 2.75) is 50.4 Å². The first-order chi connectivity index (χ1) is 12.8. The summed E-state index contributed by atoms with van der Waals surface area (Å²) in [6.45, 7) is 3.82. The van der Waals surface area contributed by atoms with E-state index >= 15 is 0 Å². The molecule has 27 heavy (non-hydrogen) atoms. The number of hydrogen-bond acceptors (Lipinski definition) is 6. The SMILES string of the molecule is Cc1nnc(SCC(=O)c2ccc3c(c2)C[C@@H](C)N3S(C)(=O)=O)n1C1CC1. The first kappa shape index (κ1) is 18.5. The van der Waals surface area contributed by atoms with E-state index in [1.807, 2.05) is 19.9 Å². The van der Waals surface area contributed by atoms with Crippen molar-refractivity contribution in [1.29, 1.82) is 0 Å². The van der Waals surface area contributed by atoms with Crippen LogP contribution in [0.25, 0.3) is 0 Å². The van der Waals surface area contributed by atoms with Gasteiger partial charge >= 0.3 is 0 Å². The second kappa shape index (κ2) is 6.63. The van der Waals surface area contributed by atoms with Crippen LogP contribution in [0.3, 0.4) is 0 Å². The molecular weight excluding hydrogens is 384 g/mol. The highest BCUT2D eigenvalue weighted by molar-refractivity contribution is 7.99. The first-order valence-corrected chi connectivity index (χ1v) is 11.8. The Morgan fingerprint density at radius 2 is 2.04 bits per heavy atom. The molecule has 2 heterocycles. The van der Waals surface area contributed by atoms with Gasteiger partial charge in [0.05, 0.1) is 17.7 Å². The summed E-state index contributed by atoms with van der Waals surface area (Å²) in [6.07, 6.45) is 4.11. The average Bonchev–Trinajstić information content (AvgIpc) is 3.26. The quantitative estimate of drug-likeness (QED) is 0.541. The minimum absolute atomic E-state index is 0.0104. The standard InChI is InChI=1S/C18H22N4O3S2/c1-11-8-14-9-13(4-7-16(14)22(11)27(3,24)25)17(23)10-26-18-20-19-12(2)21(18)15-5-6-15/h4,7,9,11,15H,5-6,8,10H2,1-3H3/t11-/m1/s1. The van der Waals surface area contributed by atoms with Gasteiger partial charge in [0.25, 0.3) is 0 Å². The van der Waals surface area contributed by atoms with Gasteiger partial charge in [-0.1, -0.05) is 11.8 Å². The maximum atomic E-state index is 12.7. The van der Waals surface area contributed by atoms with E-state index in [0.717, 1.165) is 29.4 Å². The molecule has 2 aliphatic rings. The maximum absolute atomic E-state index is 12.7. The third-order valence-electron chi connectivity index (χ3n) is 4.99. The number of Topliss-reactive ketones (excluding diaryl/α,β-unsaturated/α-hetero) is 1. The maximum Gasteiger partial charge on any atom is 0.232 e. The van der Waals surface area contributed by atoms with Gasteiger partial charge in [0.2, 0.25) is 10.0 Å². The van der Waals surface area contributed by atoms with Crippen LogP contribution in [0.4, 0.5) is 5.69 Å². The number of anilines is 1. The summed E-state index contributed by atoms with van der Waals surface area (Å²) in [5, 5.41) is 9.12. The normalized spacial score (nSPS) is 19.4. The number of fused-ring (bicyclic) bond motifs is 1. The molecule has 0 N–H and O–H groups in total. The fourth-order valence-corrected chi connectivity index (χ4v) is 5.91. The lowest BCUT2D eigenvalue weighted by Crippen LogP contribution is -2.34. The second-order valence-electron chi connectivity index (χ2n) is 7.30. The molecule has 0 bridgehead atoms. The van der Waals surface area contributed by atoms with Crippen LogP contribution < -0.4 is 4.31 Å². The zero-order valence-electron chi connectivity index (χ0n) is 15.5. The van der Waals surface area contributed by atoms with Crippen molar-refractivity contribution in [3.8, 4) is 0 Å². The summed E-state index contributed by atoms with van der Waals surface area (Å²) in [6, 6.07) is 5.64. The number of ketones is 1. The number of hydrogen-bond donors (Lipinski definition) is 0. The van der Waals surface area contributed by atoms with E-state index in [9.17, 15) is 13.2 Å². The van der Waals surface area contributed by atoms with Gasteiger partial charge in [-0.25, -0.2) is 8.42 Å². The van der Waals surface area contributed by atoms with Crippen molar-refractivity contribution in [1.82, 2.24) is 14.8 Å². The summed E-state index contributed by atoms with van der Waals surface area (Å²) in [4.78, 5) is 12.7. The molecule has 2 aromatic rings. The number of rotatable bonds is 6. The van der Waals surface area contributed by atoms with E-state index in [-0.39, 0.29) is 17.6 Å². The molecule has 0 saturated heterocycles. The van der Waals surface area contributed by atoms with Crippen LogP contribution in [0.1, 0.15) is 47.6 Å². The highest BCUT2D eigenvalue weighted by atomic mass is 32.2. The summed E-state index contributed by atoms with van der Waals surface area (Å²) in [5.74, 6) is 1.19. The van der Waals surface area contributed by atoms with Crippen molar-refractivity contribution in [2.24, 2.45) is 0 Å². The van der Waals surface area contributed by atoms with E-state index < -0.39 is 10.0 Å². The van der Waals surface area contributed by atoms with Crippen LogP contribution in [0.15, 0.2) is 23.4 Å². The van der Waals surface area contributed by atoms with Crippen molar-refractivity contribution in [2.75, 3.05) is 16.3 Å². The Labute approximate surface area is 163 Å². The highest BCUT2D eigenvalue weighted by Gasteiger charge is 2.33. The second-order valence-corrected chi connectivity index (χ2v) is 10.1. The molecule has 0 amide bonds. The molecule has 0 radical (unpaired) electrons. The Kier molecular flexibility index (Phi) is 4.54. The average molecular weight is 407 g/mol. The first-order valence-electron chi connectivity index (χ1n) is 8.95. The van der Waals surface area contributed by atoms with Gasteiger partial charge in [0.15, 0.2) is 10.9 Å². The largest absolute Gasteiger partial charge is 0.303 e. The monoisotopic (exact) mass is 406 g/mol. The van der Waals surface area contributed by atoms with Crippen molar-refractivity contribution >= 4 is 33.3 Å². The predicted molar refractivity (Wildman–Crippen MR) is 105 cm³/mol. The molecule has 0 unspecified atom stereocenters. The summed E-state index contributed by atoms with van der Waals surface area (Å²) in [7, 11) is -3.32. The Morgan fingerprint density at radius 1 is 1.30 bits per heavy atom. The Bertz CT molecular complexity index is 1010. The van der Waals surface area contributed by atoms with Crippen LogP contribution in [0.2, 0.25) is 0 Å². The molecule has 1 atom stereocenters. The van der Waals surface area contributed by atoms with Crippen LogP contribution in [0.5, 0.6) is 0 Å². The zero-order valence-corrected chi connectivity index (χ0v) is 17.2. The smallest absolute Gasteiger partial charge is 0.232 e. The fourth-order valence-electron chi connectivity index (χ4n) is 3.70. The van der Waals surface area contributed by atoms with Crippen LogP contribution in [-0.4, -0.2) is 47.0 Å².